The number of aromatic nitrogens is 1. The van der Waals surface area contributed by atoms with Crippen LogP contribution >= 0.6 is 0 Å². The first-order valence-corrected chi connectivity index (χ1v) is 7.43. The molecule has 1 aliphatic heterocycles. The third-order valence-electron chi connectivity index (χ3n) is 3.96. The van der Waals surface area contributed by atoms with E-state index in [2.05, 4.69) is 10.3 Å². The molecule has 0 spiro atoms. The number of para-hydroxylation sites is 1. The van der Waals surface area contributed by atoms with Crippen LogP contribution in [0.25, 0.3) is 10.9 Å². The second-order valence-corrected chi connectivity index (χ2v) is 5.59. The number of rotatable bonds is 4. The number of benzene rings is 1. The van der Waals surface area contributed by atoms with Gasteiger partial charge < -0.3 is 20.8 Å². The van der Waals surface area contributed by atoms with Crippen LogP contribution in [0.15, 0.2) is 30.5 Å². The number of carbonyl (C=O) groups excluding carboxylic acids is 1. The van der Waals surface area contributed by atoms with Gasteiger partial charge in [-0.3, -0.25) is 4.79 Å². The van der Waals surface area contributed by atoms with Crippen LogP contribution in [-0.4, -0.2) is 36.2 Å². The van der Waals surface area contributed by atoms with Gasteiger partial charge in [0.25, 0.3) is 0 Å². The van der Waals surface area contributed by atoms with Gasteiger partial charge in [-0.15, -0.1) is 0 Å². The molecular weight excluding hydrogens is 266 g/mol. The van der Waals surface area contributed by atoms with Gasteiger partial charge in [-0.1, -0.05) is 18.2 Å². The lowest BCUT2D eigenvalue weighted by atomic mass is 10.0. The van der Waals surface area contributed by atoms with E-state index in [1.54, 1.807) is 0 Å². The molecule has 112 valence electrons. The molecule has 1 aromatic carbocycles. The van der Waals surface area contributed by atoms with E-state index in [1.807, 2.05) is 30.5 Å². The maximum absolute atomic E-state index is 12.2. The second kappa shape index (κ2) is 6.28. The Bertz CT molecular complexity index is 617. The van der Waals surface area contributed by atoms with Crippen LogP contribution in [0.5, 0.6) is 0 Å². The summed E-state index contributed by atoms with van der Waals surface area (Å²) in [4.78, 5) is 15.4. The van der Waals surface area contributed by atoms with Gasteiger partial charge in [0.05, 0.1) is 18.7 Å². The molecule has 2 unspecified atom stereocenters. The molecule has 21 heavy (non-hydrogen) atoms. The predicted molar refractivity (Wildman–Crippen MR) is 82.0 cm³/mol. The summed E-state index contributed by atoms with van der Waals surface area (Å²) < 4.78 is 5.37. The normalized spacial score (nSPS) is 20.3. The summed E-state index contributed by atoms with van der Waals surface area (Å²) in [6.07, 6.45) is 4.42. The highest BCUT2D eigenvalue weighted by atomic mass is 16.5. The van der Waals surface area contributed by atoms with Crippen molar-refractivity contribution in [3.63, 3.8) is 0 Å². The molecule has 1 saturated heterocycles. The summed E-state index contributed by atoms with van der Waals surface area (Å²) >= 11 is 0. The van der Waals surface area contributed by atoms with Crippen LogP contribution in [0.4, 0.5) is 0 Å². The average Bonchev–Trinajstić information content (AvgIpc) is 2.91. The maximum Gasteiger partial charge on any atom is 0.237 e. The van der Waals surface area contributed by atoms with Gasteiger partial charge in [-0.25, -0.2) is 0 Å². The number of nitrogens with two attached hydrogens (primary N) is 1. The minimum atomic E-state index is -0.536. The number of ether oxygens (including phenoxy) is 1. The van der Waals surface area contributed by atoms with Crippen molar-refractivity contribution in [2.75, 3.05) is 13.2 Å². The van der Waals surface area contributed by atoms with Crippen molar-refractivity contribution in [1.82, 2.24) is 10.3 Å². The molecule has 0 bridgehead atoms. The molecule has 4 N–H and O–H groups in total. The van der Waals surface area contributed by atoms with Crippen molar-refractivity contribution in [3.05, 3.63) is 36.0 Å². The van der Waals surface area contributed by atoms with E-state index in [0.29, 0.717) is 13.0 Å². The Balaban J connectivity index is 1.62. The fourth-order valence-corrected chi connectivity index (χ4v) is 2.79. The summed E-state index contributed by atoms with van der Waals surface area (Å²) in [7, 11) is 0. The highest BCUT2D eigenvalue weighted by molar-refractivity contribution is 5.86. The summed E-state index contributed by atoms with van der Waals surface area (Å²) in [5.41, 5.74) is 8.20. The SMILES string of the molecule is NC(Cc1c[nH]c2ccccc12)C(=O)NC1CCCOC1. The number of nitrogens with one attached hydrogen (secondary N) is 2. The van der Waals surface area contributed by atoms with Crippen LogP contribution < -0.4 is 11.1 Å². The third-order valence-corrected chi connectivity index (χ3v) is 3.96. The Labute approximate surface area is 123 Å². The monoisotopic (exact) mass is 287 g/mol. The van der Waals surface area contributed by atoms with Gasteiger partial charge >= 0.3 is 0 Å². The van der Waals surface area contributed by atoms with Gasteiger partial charge in [-0.05, 0) is 30.9 Å². The zero-order valence-corrected chi connectivity index (χ0v) is 12.0. The zero-order chi connectivity index (χ0) is 14.7. The van der Waals surface area contributed by atoms with E-state index in [4.69, 9.17) is 10.5 Å². The number of hydrogen-bond donors (Lipinski definition) is 3. The first kappa shape index (κ1) is 14.1. The second-order valence-electron chi connectivity index (χ2n) is 5.59. The Morgan fingerprint density at radius 1 is 1.48 bits per heavy atom. The molecule has 5 heteroatoms. The van der Waals surface area contributed by atoms with Crippen molar-refractivity contribution >= 4 is 16.8 Å². The van der Waals surface area contributed by atoms with Crippen LogP contribution in [0, 0.1) is 0 Å². The fourth-order valence-electron chi connectivity index (χ4n) is 2.79. The third kappa shape index (κ3) is 3.25. The first-order chi connectivity index (χ1) is 10.2. The molecule has 0 aliphatic carbocycles. The molecule has 1 aliphatic rings. The molecule has 5 nitrogen and oxygen atoms in total. The largest absolute Gasteiger partial charge is 0.379 e. The topological polar surface area (TPSA) is 80.1 Å². The molecular formula is C16H21N3O2. The molecule has 2 aromatic rings. The van der Waals surface area contributed by atoms with E-state index in [0.717, 1.165) is 35.9 Å². The fraction of sp³-hybridized carbons (Fsp3) is 0.438. The summed E-state index contributed by atoms with van der Waals surface area (Å²) in [5.74, 6) is -0.101. The molecule has 2 heterocycles. The lowest BCUT2D eigenvalue weighted by molar-refractivity contribution is -0.124. The number of aromatic amines is 1. The molecule has 1 amide bonds. The number of hydrogen-bond acceptors (Lipinski definition) is 3. The number of carbonyl (C=O) groups is 1. The maximum atomic E-state index is 12.2. The summed E-state index contributed by atoms with van der Waals surface area (Å²) in [5, 5.41) is 4.11. The van der Waals surface area contributed by atoms with Gasteiger partial charge in [0, 0.05) is 23.7 Å². The Kier molecular flexibility index (Phi) is 4.22. The average molecular weight is 287 g/mol. The van der Waals surface area contributed by atoms with Crippen molar-refractivity contribution in [2.45, 2.75) is 31.3 Å². The van der Waals surface area contributed by atoms with E-state index in [9.17, 15) is 4.79 Å². The van der Waals surface area contributed by atoms with Crippen molar-refractivity contribution < 1.29 is 9.53 Å². The van der Waals surface area contributed by atoms with Crippen molar-refractivity contribution in [1.29, 1.82) is 0 Å². The van der Waals surface area contributed by atoms with Crippen molar-refractivity contribution in [3.8, 4) is 0 Å². The Hall–Kier alpha value is -1.85. The van der Waals surface area contributed by atoms with Crippen LogP contribution in [0.2, 0.25) is 0 Å². The number of amides is 1. The Morgan fingerprint density at radius 2 is 2.33 bits per heavy atom. The smallest absolute Gasteiger partial charge is 0.237 e. The predicted octanol–water partition coefficient (Wildman–Crippen LogP) is 1.33. The minimum absolute atomic E-state index is 0.0975. The molecule has 0 radical (unpaired) electrons. The standard InChI is InChI=1S/C16H21N3O2/c17-14(16(20)19-12-4-3-7-21-10-12)8-11-9-18-15-6-2-1-5-13(11)15/h1-2,5-6,9,12,14,18H,3-4,7-8,10,17H2,(H,19,20). The molecule has 1 aromatic heterocycles. The molecule has 0 saturated carbocycles. The Morgan fingerprint density at radius 3 is 3.14 bits per heavy atom. The molecule has 1 fully saturated rings. The summed E-state index contributed by atoms with van der Waals surface area (Å²) in [6, 6.07) is 7.60. The first-order valence-electron chi connectivity index (χ1n) is 7.43. The summed E-state index contributed by atoms with van der Waals surface area (Å²) in [6.45, 7) is 1.37. The van der Waals surface area contributed by atoms with Gasteiger partial charge in [0.1, 0.15) is 0 Å². The van der Waals surface area contributed by atoms with Gasteiger partial charge in [-0.2, -0.15) is 0 Å². The molecule has 2 atom stereocenters. The van der Waals surface area contributed by atoms with E-state index in [1.165, 1.54) is 0 Å². The number of fused-ring (bicyclic) bond motifs is 1. The van der Waals surface area contributed by atoms with Crippen LogP contribution in [0.1, 0.15) is 18.4 Å². The van der Waals surface area contributed by atoms with Crippen molar-refractivity contribution in [2.24, 2.45) is 5.73 Å². The minimum Gasteiger partial charge on any atom is -0.379 e. The van der Waals surface area contributed by atoms with E-state index < -0.39 is 6.04 Å². The van der Waals surface area contributed by atoms with Crippen LogP contribution in [-0.2, 0) is 16.0 Å². The highest BCUT2D eigenvalue weighted by Crippen LogP contribution is 2.18. The zero-order valence-electron chi connectivity index (χ0n) is 12.0. The van der Waals surface area contributed by atoms with E-state index >= 15 is 0 Å². The number of H-pyrrole nitrogens is 1. The van der Waals surface area contributed by atoms with Gasteiger partial charge in [0.15, 0.2) is 0 Å². The van der Waals surface area contributed by atoms with Crippen LogP contribution in [0.3, 0.4) is 0 Å². The lowest BCUT2D eigenvalue weighted by Crippen LogP contribution is -2.48. The highest BCUT2D eigenvalue weighted by Gasteiger charge is 2.21. The quantitative estimate of drug-likeness (QED) is 0.793. The van der Waals surface area contributed by atoms with E-state index in [-0.39, 0.29) is 11.9 Å². The lowest BCUT2D eigenvalue weighted by Gasteiger charge is -2.24. The van der Waals surface area contributed by atoms with Gasteiger partial charge in [0.2, 0.25) is 5.91 Å². The molecule has 3 rings (SSSR count).